The molecular formula is C22H28F3N5O5. The Morgan fingerprint density at radius 1 is 1.29 bits per heavy atom. The van der Waals surface area contributed by atoms with Crippen molar-refractivity contribution in [3.8, 4) is 0 Å². The lowest BCUT2D eigenvalue weighted by Crippen LogP contribution is -2.54. The zero-order valence-corrected chi connectivity index (χ0v) is 19.2. The number of aromatic nitrogens is 2. The fourth-order valence-corrected chi connectivity index (χ4v) is 5.46. The Morgan fingerprint density at radius 2 is 2.06 bits per heavy atom. The van der Waals surface area contributed by atoms with E-state index in [2.05, 4.69) is 20.5 Å². The predicted molar refractivity (Wildman–Crippen MR) is 114 cm³/mol. The van der Waals surface area contributed by atoms with Gasteiger partial charge in [0.2, 0.25) is 11.8 Å². The van der Waals surface area contributed by atoms with Gasteiger partial charge in [-0.05, 0) is 43.6 Å². The third-order valence-corrected chi connectivity index (χ3v) is 7.12. The highest BCUT2D eigenvalue weighted by Gasteiger charge is 2.50. The van der Waals surface area contributed by atoms with Crippen LogP contribution in [0.3, 0.4) is 0 Å². The molecule has 0 bridgehead atoms. The Balaban J connectivity index is 1.53. The highest BCUT2D eigenvalue weighted by Crippen LogP contribution is 2.42. The average molecular weight is 499 g/mol. The fourth-order valence-electron chi connectivity index (χ4n) is 5.46. The van der Waals surface area contributed by atoms with Crippen molar-refractivity contribution in [2.75, 3.05) is 19.7 Å². The number of rotatable bonds is 8. The van der Waals surface area contributed by atoms with E-state index in [4.69, 9.17) is 0 Å². The van der Waals surface area contributed by atoms with E-state index in [0.717, 1.165) is 19.3 Å². The molecule has 5 atom stereocenters. The number of Topliss-reactive ketones (excluding diaryl/α,β-unsaturated/α-hetero) is 1. The van der Waals surface area contributed by atoms with Crippen LogP contribution in [0.25, 0.3) is 0 Å². The summed E-state index contributed by atoms with van der Waals surface area (Å²) >= 11 is 0. The fraction of sp³-hybridized carbons (Fsp3) is 0.682. The standard InChI is InChI=1S/C22H28F3N5O5/c1-29-8-6-15(28-29)21(34)30-10-13-3-2-4-14(13)18(30)20(33)27-16(9-12-5-7-26-19(12)32)17(31)11-35-22(23,24)25/h6,8,12-14,16,18H,2-5,7,9-11H2,1H3,(H,26,32)(H,27,33). The van der Waals surface area contributed by atoms with Crippen LogP contribution >= 0.6 is 0 Å². The van der Waals surface area contributed by atoms with E-state index in [9.17, 15) is 32.3 Å². The number of hydrogen-bond donors (Lipinski definition) is 2. The molecule has 35 heavy (non-hydrogen) atoms. The predicted octanol–water partition coefficient (Wildman–Crippen LogP) is 0.777. The van der Waals surface area contributed by atoms with Crippen LogP contribution in [-0.2, 0) is 26.2 Å². The molecule has 1 saturated carbocycles. The molecule has 2 saturated heterocycles. The summed E-state index contributed by atoms with van der Waals surface area (Å²) in [4.78, 5) is 52.7. The largest absolute Gasteiger partial charge is 0.522 e. The highest BCUT2D eigenvalue weighted by molar-refractivity contribution is 5.98. The van der Waals surface area contributed by atoms with Crippen molar-refractivity contribution in [2.45, 2.75) is 50.6 Å². The summed E-state index contributed by atoms with van der Waals surface area (Å²) in [6, 6.07) is -0.690. The number of amides is 3. The number of nitrogens with one attached hydrogen (secondary N) is 2. The van der Waals surface area contributed by atoms with Crippen molar-refractivity contribution in [3.05, 3.63) is 18.0 Å². The molecule has 3 amide bonds. The van der Waals surface area contributed by atoms with Crippen LogP contribution in [0.4, 0.5) is 13.2 Å². The van der Waals surface area contributed by atoms with E-state index in [0.29, 0.717) is 19.5 Å². The first-order chi connectivity index (χ1) is 16.5. The Morgan fingerprint density at radius 3 is 2.69 bits per heavy atom. The SMILES string of the molecule is Cn1ccc(C(=O)N2CC3CCCC3C2C(=O)NC(CC2CCNC2=O)C(=O)COC(F)(F)F)n1. The van der Waals surface area contributed by atoms with Crippen LogP contribution in [0, 0.1) is 17.8 Å². The number of carbonyl (C=O) groups is 4. The number of likely N-dealkylation sites (tertiary alicyclic amines) is 1. The minimum atomic E-state index is -5.01. The topological polar surface area (TPSA) is 123 Å². The number of alkyl halides is 3. The van der Waals surface area contributed by atoms with Crippen molar-refractivity contribution in [3.63, 3.8) is 0 Å². The lowest BCUT2D eigenvalue weighted by molar-refractivity contribution is -0.321. The molecule has 2 N–H and O–H groups in total. The van der Waals surface area contributed by atoms with Crippen LogP contribution in [0.2, 0.25) is 0 Å². The van der Waals surface area contributed by atoms with Gasteiger partial charge in [0.15, 0.2) is 5.78 Å². The molecular weight excluding hydrogens is 471 g/mol. The number of carbonyl (C=O) groups excluding carboxylic acids is 4. The van der Waals surface area contributed by atoms with Gasteiger partial charge in [-0.15, -0.1) is 13.2 Å². The molecule has 2 aliphatic heterocycles. The Bertz CT molecular complexity index is 996. The molecule has 3 aliphatic rings. The van der Waals surface area contributed by atoms with Crippen molar-refractivity contribution < 1.29 is 37.1 Å². The Kier molecular flexibility index (Phi) is 7.15. The third-order valence-electron chi connectivity index (χ3n) is 7.12. The molecule has 3 heterocycles. The molecule has 0 radical (unpaired) electrons. The molecule has 5 unspecified atom stereocenters. The summed E-state index contributed by atoms with van der Waals surface area (Å²) in [5.74, 6) is -2.98. The minimum absolute atomic E-state index is 0.113. The van der Waals surface area contributed by atoms with Gasteiger partial charge in [-0.3, -0.25) is 28.6 Å². The maximum atomic E-state index is 13.5. The number of aryl methyl sites for hydroxylation is 1. The molecule has 13 heteroatoms. The maximum absolute atomic E-state index is 13.5. The number of nitrogens with zero attached hydrogens (tertiary/aromatic N) is 3. The first kappa shape index (κ1) is 25.1. The van der Waals surface area contributed by atoms with E-state index < -0.39 is 48.6 Å². The van der Waals surface area contributed by atoms with Crippen molar-refractivity contribution in [1.29, 1.82) is 0 Å². The molecule has 1 aromatic rings. The molecule has 1 aromatic heterocycles. The van der Waals surface area contributed by atoms with E-state index in [-0.39, 0.29) is 29.9 Å². The summed E-state index contributed by atoms with van der Waals surface area (Å²) in [7, 11) is 1.66. The summed E-state index contributed by atoms with van der Waals surface area (Å²) in [6.45, 7) is -0.536. The molecule has 10 nitrogen and oxygen atoms in total. The monoisotopic (exact) mass is 499 g/mol. The number of ketones is 1. The highest BCUT2D eigenvalue weighted by atomic mass is 19.4. The molecule has 3 fully saturated rings. The quantitative estimate of drug-likeness (QED) is 0.545. The molecule has 4 rings (SSSR count). The van der Waals surface area contributed by atoms with E-state index in [1.165, 1.54) is 9.58 Å². The van der Waals surface area contributed by atoms with Gasteiger partial charge in [-0.2, -0.15) is 5.10 Å². The van der Waals surface area contributed by atoms with Crippen LogP contribution in [-0.4, -0.2) is 76.3 Å². The number of fused-ring (bicyclic) bond motifs is 1. The van der Waals surface area contributed by atoms with Gasteiger partial charge in [-0.25, -0.2) is 0 Å². The second-order valence-corrected chi connectivity index (χ2v) is 9.41. The molecule has 1 aliphatic carbocycles. The van der Waals surface area contributed by atoms with Gasteiger partial charge in [-0.1, -0.05) is 6.42 Å². The van der Waals surface area contributed by atoms with Crippen molar-refractivity contribution in [1.82, 2.24) is 25.3 Å². The number of hydrogen-bond acceptors (Lipinski definition) is 6. The Hall–Kier alpha value is -2.96. The summed E-state index contributed by atoms with van der Waals surface area (Å²) in [6.07, 6.45) is -0.678. The smallest absolute Gasteiger partial charge is 0.356 e. The summed E-state index contributed by atoms with van der Waals surface area (Å²) in [5.41, 5.74) is 0.180. The number of ether oxygens (including phenoxy) is 1. The van der Waals surface area contributed by atoms with Gasteiger partial charge in [0.1, 0.15) is 18.3 Å². The third kappa shape index (κ3) is 5.65. The number of halogens is 3. The lowest BCUT2D eigenvalue weighted by atomic mass is 9.92. The summed E-state index contributed by atoms with van der Waals surface area (Å²) < 4.78 is 42.7. The summed E-state index contributed by atoms with van der Waals surface area (Å²) in [5, 5.41) is 9.30. The first-order valence-electron chi connectivity index (χ1n) is 11.7. The Labute approximate surface area is 199 Å². The minimum Gasteiger partial charge on any atom is -0.356 e. The van der Waals surface area contributed by atoms with Crippen molar-refractivity contribution >= 4 is 23.5 Å². The zero-order chi connectivity index (χ0) is 25.3. The van der Waals surface area contributed by atoms with Crippen LogP contribution < -0.4 is 10.6 Å². The zero-order valence-electron chi connectivity index (χ0n) is 19.2. The normalized spacial score (nSPS) is 27.0. The van der Waals surface area contributed by atoms with Crippen LogP contribution in [0.15, 0.2) is 12.3 Å². The molecule has 192 valence electrons. The van der Waals surface area contributed by atoms with E-state index in [1.807, 2.05) is 0 Å². The molecule has 0 spiro atoms. The van der Waals surface area contributed by atoms with Gasteiger partial charge in [0, 0.05) is 32.3 Å². The second-order valence-electron chi connectivity index (χ2n) is 9.41. The van der Waals surface area contributed by atoms with Crippen LogP contribution in [0.1, 0.15) is 42.6 Å². The first-order valence-corrected chi connectivity index (χ1v) is 11.7. The van der Waals surface area contributed by atoms with Gasteiger partial charge >= 0.3 is 6.36 Å². The van der Waals surface area contributed by atoms with Crippen molar-refractivity contribution in [2.24, 2.45) is 24.8 Å². The van der Waals surface area contributed by atoms with E-state index in [1.54, 1.807) is 19.3 Å². The van der Waals surface area contributed by atoms with Gasteiger partial charge < -0.3 is 15.5 Å². The van der Waals surface area contributed by atoms with Gasteiger partial charge in [0.05, 0.1) is 6.04 Å². The van der Waals surface area contributed by atoms with Crippen LogP contribution in [0.5, 0.6) is 0 Å². The van der Waals surface area contributed by atoms with Gasteiger partial charge in [0.25, 0.3) is 5.91 Å². The lowest BCUT2D eigenvalue weighted by Gasteiger charge is -2.29. The maximum Gasteiger partial charge on any atom is 0.522 e. The second kappa shape index (κ2) is 9.96. The molecule has 0 aromatic carbocycles. The van der Waals surface area contributed by atoms with E-state index >= 15 is 0 Å². The average Bonchev–Trinajstić information content (AvgIpc) is 3.56.